The van der Waals surface area contributed by atoms with Crippen molar-refractivity contribution in [3.63, 3.8) is 0 Å². The van der Waals surface area contributed by atoms with E-state index >= 15 is 0 Å². The average Bonchev–Trinajstić information content (AvgIpc) is 2.38. The molecule has 0 saturated carbocycles. The molecule has 0 spiro atoms. The van der Waals surface area contributed by atoms with Gasteiger partial charge >= 0.3 is 0 Å². The Hall–Kier alpha value is -0.910. The van der Waals surface area contributed by atoms with Crippen LogP contribution in [0.15, 0.2) is 51.4 Å². The van der Waals surface area contributed by atoms with Gasteiger partial charge in [0.25, 0.3) is 0 Å². The van der Waals surface area contributed by atoms with Crippen LogP contribution < -0.4 is 10.6 Å². The smallest absolute Gasteiger partial charge is 0.104 e. The number of halogens is 2. The van der Waals surface area contributed by atoms with Crippen molar-refractivity contribution in [1.82, 2.24) is 0 Å². The van der Waals surface area contributed by atoms with E-state index in [9.17, 15) is 0 Å². The molecule has 2 aromatic carbocycles. The predicted octanol–water partition coefficient (Wildman–Crippen LogP) is 4.48. The van der Waals surface area contributed by atoms with Crippen molar-refractivity contribution in [1.29, 1.82) is 0 Å². The first-order valence-electron chi connectivity index (χ1n) is 6.02. The zero-order valence-corrected chi connectivity index (χ0v) is 14.9. The van der Waals surface area contributed by atoms with Crippen molar-refractivity contribution in [3.8, 4) is 0 Å². The Labute approximate surface area is 141 Å². The summed E-state index contributed by atoms with van der Waals surface area (Å²) in [4.78, 5) is 2.58. The standard InChI is InChI=1S/C15H14Br2N2S/c1-19(9-10-3-2-4-12(16)7-10)14-6-5-11(15(18)20)8-13(14)17/h2-8H,9H2,1H3,(H2,18,20). The molecule has 0 fully saturated rings. The van der Waals surface area contributed by atoms with Crippen molar-refractivity contribution in [3.05, 3.63) is 62.5 Å². The first-order chi connectivity index (χ1) is 9.47. The third-order valence-electron chi connectivity index (χ3n) is 2.95. The third kappa shape index (κ3) is 3.81. The summed E-state index contributed by atoms with van der Waals surface area (Å²) >= 11 is 12.1. The van der Waals surface area contributed by atoms with Gasteiger partial charge in [-0.15, -0.1) is 0 Å². The number of thiocarbonyl (C=S) groups is 1. The van der Waals surface area contributed by atoms with E-state index in [1.807, 2.05) is 30.3 Å². The topological polar surface area (TPSA) is 29.3 Å². The zero-order chi connectivity index (χ0) is 14.7. The SMILES string of the molecule is CN(Cc1cccc(Br)c1)c1ccc(C(N)=S)cc1Br. The molecule has 2 nitrogen and oxygen atoms in total. The van der Waals surface area contributed by atoms with E-state index in [2.05, 4.69) is 55.9 Å². The maximum absolute atomic E-state index is 5.64. The van der Waals surface area contributed by atoms with E-state index in [0.29, 0.717) is 4.99 Å². The minimum Gasteiger partial charge on any atom is -0.389 e. The molecule has 2 N–H and O–H groups in total. The minimum absolute atomic E-state index is 0.409. The largest absolute Gasteiger partial charge is 0.389 e. The van der Waals surface area contributed by atoms with Gasteiger partial charge in [0.2, 0.25) is 0 Å². The van der Waals surface area contributed by atoms with E-state index in [4.69, 9.17) is 18.0 Å². The number of nitrogens with zero attached hydrogens (tertiary/aromatic N) is 1. The zero-order valence-electron chi connectivity index (χ0n) is 10.9. The molecule has 2 aromatic rings. The molecule has 0 aliphatic carbocycles. The van der Waals surface area contributed by atoms with Gasteiger partial charge in [0.05, 0.1) is 5.69 Å². The van der Waals surface area contributed by atoms with Crippen LogP contribution in [0.25, 0.3) is 0 Å². The maximum atomic E-state index is 5.64. The molecule has 104 valence electrons. The molecule has 0 unspecified atom stereocenters. The second kappa shape index (κ2) is 6.70. The lowest BCUT2D eigenvalue weighted by Crippen LogP contribution is -2.17. The maximum Gasteiger partial charge on any atom is 0.104 e. The Morgan fingerprint density at radius 1 is 1.20 bits per heavy atom. The Bertz CT molecular complexity index is 644. The molecule has 0 amide bonds. The molecule has 0 bridgehead atoms. The normalized spacial score (nSPS) is 10.3. The van der Waals surface area contributed by atoms with Gasteiger partial charge in [-0.2, -0.15) is 0 Å². The summed E-state index contributed by atoms with van der Waals surface area (Å²) in [6.45, 7) is 0.824. The van der Waals surface area contributed by atoms with Gasteiger partial charge in [-0.1, -0.05) is 40.3 Å². The molecular weight excluding hydrogens is 400 g/mol. The van der Waals surface area contributed by atoms with Gasteiger partial charge in [0.15, 0.2) is 0 Å². The van der Waals surface area contributed by atoms with Gasteiger partial charge in [-0.25, -0.2) is 0 Å². The molecule has 0 aliphatic rings. The fourth-order valence-electron chi connectivity index (χ4n) is 1.96. The van der Waals surface area contributed by atoms with Gasteiger partial charge in [0, 0.05) is 28.1 Å². The van der Waals surface area contributed by atoms with Crippen LogP contribution in [0.5, 0.6) is 0 Å². The summed E-state index contributed by atoms with van der Waals surface area (Å²) in [5.41, 5.74) is 8.85. The lowest BCUT2D eigenvalue weighted by atomic mass is 10.1. The highest BCUT2D eigenvalue weighted by Crippen LogP contribution is 2.28. The molecule has 0 aromatic heterocycles. The van der Waals surface area contributed by atoms with Crippen LogP contribution in [0.1, 0.15) is 11.1 Å². The summed E-state index contributed by atoms with van der Waals surface area (Å²) in [5.74, 6) is 0. The highest BCUT2D eigenvalue weighted by Gasteiger charge is 2.08. The van der Waals surface area contributed by atoms with Crippen molar-refractivity contribution in [2.75, 3.05) is 11.9 Å². The molecule has 0 saturated heterocycles. The van der Waals surface area contributed by atoms with Gasteiger partial charge in [-0.3, -0.25) is 0 Å². The van der Waals surface area contributed by atoms with Crippen LogP contribution in [0.2, 0.25) is 0 Å². The van der Waals surface area contributed by atoms with Crippen LogP contribution in [0, 0.1) is 0 Å². The molecular formula is C15H14Br2N2S. The Kier molecular flexibility index (Phi) is 5.18. The molecule has 2 rings (SSSR count). The Morgan fingerprint density at radius 3 is 2.55 bits per heavy atom. The van der Waals surface area contributed by atoms with Crippen LogP contribution in [-0.2, 0) is 6.54 Å². The third-order valence-corrected chi connectivity index (χ3v) is 4.32. The van der Waals surface area contributed by atoms with Gasteiger partial charge in [-0.05, 0) is 51.8 Å². The monoisotopic (exact) mass is 412 g/mol. The van der Waals surface area contributed by atoms with Crippen molar-refractivity contribution >= 4 is 54.8 Å². The number of benzene rings is 2. The van der Waals surface area contributed by atoms with E-state index < -0.39 is 0 Å². The number of anilines is 1. The first kappa shape index (κ1) is 15.5. The summed E-state index contributed by atoms with van der Waals surface area (Å²) in [5, 5.41) is 0. The highest BCUT2D eigenvalue weighted by molar-refractivity contribution is 9.10. The quantitative estimate of drug-likeness (QED) is 0.749. The molecule has 0 heterocycles. The van der Waals surface area contributed by atoms with E-state index in [1.165, 1.54) is 5.56 Å². The van der Waals surface area contributed by atoms with E-state index in [1.54, 1.807) is 0 Å². The Balaban J connectivity index is 2.21. The molecule has 20 heavy (non-hydrogen) atoms. The number of rotatable bonds is 4. The second-order valence-corrected chi connectivity index (χ2v) is 6.73. The summed E-state index contributed by atoms with van der Waals surface area (Å²) in [6, 6.07) is 14.2. The van der Waals surface area contributed by atoms with E-state index in [-0.39, 0.29) is 0 Å². The van der Waals surface area contributed by atoms with Crippen molar-refractivity contribution < 1.29 is 0 Å². The number of hydrogen-bond acceptors (Lipinski definition) is 2. The lowest BCUT2D eigenvalue weighted by Gasteiger charge is -2.21. The molecule has 0 aliphatic heterocycles. The van der Waals surface area contributed by atoms with Crippen LogP contribution >= 0.6 is 44.1 Å². The molecule has 0 atom stereocenters. The Morgan fingerprint density at radius 2 is 1.95 bits per heavy atom. The molecule has 5 heteroatoms. The van der Waals surface area contributed by atoms with Gasteiger partial charge < -0.3 is 10.6 Å². The van der Waals surface area contributed by atoms with Crippen LogP contribution in [0.3, 0.4) is 0 Å². The van der Waals surface area contributed by atoms with Crippen LogP contribution in [-0.4, -0.2) is 12.0 Å². The fourth-order valence-corrected chi connectivity index (χ4v) is 3.22. The molecule has 0 radical (unpaired) electrons. The summed E-state index contributed by atoms with van der Waals surface area (Å²) in [6.07, 6.45) is 0. The van der Waals surface area contributed by atoms with Crippen LogP contribution in [0.4, 0.5) is 5.69 Å². The summed E-state index contributed by atoms with van der Waals surface area (Å²) < 4.78 is 2.08. The number of hydrogen-bond donors (Lipinski definition) is 1. The number of nitrogens with two attached hydrogens (primary N) is 1. The van der Waals surface area contributed by atoms with Gasteiger partial charge in [0.1, 0.15) is 4.99 Å². The predicted molar refractivity (Wildman–Crippen MR) is 96.3 cm³/mol. The first-order valence-corrected chi connectivity index (χ1v) is 8.02. The summed E-state index contributed by atoms with van der Waals surface area (Å²) in [7, 11) is 2.06. The van der Waals surface area contributed by atoms with Crippen molar-refractivity contribution in [2.24, 2.45) is 5.73 Å². The van der Waals surface area contributed by atoms with E-state index in [0.717, 1.165) is 26.7 Å². The average molecular weight is 414 g/mol. The second-order valence-electron chi connectivity index (χ2n) is 4.52. The highest BCUT2D eigenvalue weighted by atomic mass is 79.9. The van der Waals surface area contributed by atoms with Crippen molar-refractivity contribution in [2.45, 2.75) is 6.54 Å². The minimum atomic E-state index is 0.409. The fraction of sp³-hybridized carbons (Fsp3) is 0.133. The lowest BCUT2D eigenvalue weighted by molar-refractivity contribution is 0.919.